The number of amides is 3. The summed E-state index contributed by atoms with van der Waals surface area (Å²) in [5.74, 6) is -0.491. The van der Waals surface area contributed by atoms with Gasteiger partial charge in [-0.15, -0.1) is 5.10 Å². The first-order valence-electron chi connectivity index (χ1n) is 12.4. The summed E-state index contributed by atoms with van der Waals surface area (Å²) in [5.41, 5.74) is 1.87. The molecule has 0 unspecified atom stereocenters. The molecule has 1 aliphatic heterocycles. The van der Waals surface area contributed by atoms with E-state index in [1.807, 2.05) is 44.2 Å². The Labute approximate surface area is 215 Å². The lowest BCUT2D eigenvalue weighted by Crippen LogP contribution is -2.54. The van der Waals surface area contributed by atoms with Crippen molar-refractivity contribution in [2.75, 3.05) is 6.61 Å². The lowest BCUT2D eigenvalue weighted by Gasteiger charge is -2.24. The Morgan fingerprint density at radius 1 is 1.00 bits per heavy atom. The van der Waals surface area contributed by atoms with Gasteiger partial charge in [0.25, 0.3) is 5.91 Å². The highest BCUT2D eigenvalue weighted by atomic mass is 16.5. The van der Waals surface area contributed by atoms with Crippen molar-refractivity contribution in [2.45, 2.75) is 51.9 Å². The van der Waals surface area contributed by atoms with E-state index >= 15 is 0 Å². The van der Waals surface area contributed by atoms with Crippen molar-refractivity contribution in [3.05, 3.63) is 77.6 Å². The molecule has 10 nitrogen and oxygen atoms in total. The Morgan fingerprint density at radius 3 is 2.59 bits per heavy atom. The number of aromatic nitrogens is 3. The number of ether oxygens (including phenoxy) is 1. The van der Waals surface area contributed by atoms with Crippen LogP contribution in [0.15, 0.2) is 60.8 Å². The largest absolute Gasteiger partial charge is 0.492 e. The number of hydrogen-bond acceptors (Lipinski definition) is 6. The van der Waals surface area contributed by atoms with Crippen LogP contribution >= 0.6 is 0 Å². The van der Waals surface area contributed by atoms with Crippen LogP contribution in [0.3, 0.4) is 0 Å². The highest BCUT2D eigenvalue weighted by molar-refractivity contribution is 5.98. The summed E-state index contributed by atoms with van der Waals surface area (Å²) in [4.78, 5) is 39.7. The summed E-state index contributed by atoms with van der Waals surface area (Å²) in [6.07, 6.45) is 2.45. The molecule has 4 rings (SSSR count). The lowest BCUT2D eigenvalue weighted by atomic mass is 10.0. The molecule has 1 aromatic heterocycles. The minimum absolute atomic E-state index is 0.132. The molecular formula is C27H32N6O4. The molecule has 10 heteroatoms. The van der Waals surface area contributed by atoms with Crippen molar-refractivity contribution in [2.24, 2.45) is 5.92 Å². The van der Waals surface area contributed by atoms with Crippen molar-refractivity contribution in [1.29, 1.82) is 0 Å². The van der Waals surface area contributed by atoms with Crippen molar-refractivity contribution in [3.8, 4) is 5.75 Å². The van der Waals surface area contributed by atoms with Crippen LogP contribution in [0.1, 0.15) is 41.9 Å². The first kappa shape index (κ1) is 25.9. The monoisotopic (exact) mass is 504 g/mol. The Morgan fingerprint density at radius 2 is 1.81 bits per heavy atom. The third-order valence-electron chi connectivity index (χ3n) is 5.96. The van der Waals surface area contributed by atoms with E-state index < -0.39 is 23.9 Å². The number of rotatable bonds is 4. The molecule has 0 saturated carbocycles. The van der Waals surface area contributed by atoms with Crippen molar-refractivity contribution < 1.29 is 19.1 Å². The van der Waals surface area contributed by atoms with E-state index in [9.17, 15) is 14.4 Å². The first-order chi connectivity index (χ1) is 17.9. The maximum Gasteiger partial charge on any atom is 0.252 e. The Kier molecular flexibility index (Phi) is 8.50. The minimum atomic E-state index is -0.841. The van der Waals surface area contributed by atoms with Crippen LogP contribution in [-0.4, -0.2) is 51.4 Å². The van der Waals surface area contributed by atoms with Crippen LogP contribution in [0.25, 0.3) is 0 Å². The summed E-state index contributed by atoms with van der Waals surface area (Å²) < 4.78 is 7.42. The lowest BCUT2D eigenvalue weighted by molar-refractivity contribution is -0.130. The van der Waals surface area contributed by atoms with E-state index in [-0.39, 0.29) is 18.4 Å². The van der Waals surface area contributed by atoms with Gasteiger partial charge in [-0.1, -0.05) is 55.5 Å². The molecule has 0 fully saturated rings. The van der Waals surface area contributed by atoms with Gasteiger partial charge in [0.05, 0.1) is 19.3 Å². The second-order valence-electron chi connectivity index (χ2n) is 9.47. The summed E-state index contributed by atoms with van der Waals surface area (Å²) in [6, 6.07) is 14.6. The number of hydrogen-bond donors (Lipinski definition) is 3. The minimum Gasteiger partial charge on any atom is -0.492 e. The van der Waals surface area contributed by atoms with Gasteiger partial charge in [-0.05, 0) is 36.1 Å². The van der Waals surface area contributed by atoms with E-state index in [0.717, 1.165) is 5.56 Å². The molecule has 194 valence electrons. The van der Waals surface area contributed by atoms with E-state index in [1.54, 1.807) is 35.1 Å². The summed E-state index contributed by atoms with van der Waals surface area (Å²) in [5, 5.41) is 16.8. The third kappa shape index (κ3) is 7.39. The molecular weight excluding hydrogens is 472 g/mol. The Hall–Kier alpha value is -4.21. The predicted octanol–water partition coefficient (Wildman–Crippen LogP) is 1.86. The van der Waals surface area contributed by atoms with Gasteiger partial charge < -0.3 is 20.7 Å². The highest BCUT2D eigenvalue weighted by Gasteiger charge is 2.28. The zero-order valence-corrected chi connectivity index (χ0v) is 21.0. The Balaban J connectivity index is 1.62. The van der Waals surface area contributed by atoms with Crippen LogP contribution in [0.5, 0.6) is 5.75 Å². The van der Waals surface area contributed by atoms with Gasteiger partial charge in [-0.2, -0.15) is 0 Å². The maximum absolute atomic E-state index is 13.4. The van der Waals surface area contributed by atoms with Crippen molar-refractivity contribution >= 4 is 17.7 Å². The second kappa shape index (κ2) is 12.2. The quantitative estimate of drug-likeness (QED) is 0.498. The third-order valence-corrected chi connectivity index (χ3v) is 5.96. The molecule has 0 saturated heterocycles. The molecule has 2 heterocycles. The number of benzene rings is 2. The highest BCUT2D eigenvalue weighted by Crippen LogP contribution is 2.15. The molecule has 37 heavy (non-hydrogen) atoms. The normalized spacial score (nSPS) is 19.2. The van der Waals surface area contributed by atoms with Gasteiger partial charge in [-0.3, -0.25) is 14.4 Å². The van der Waals surface area contributed by atoms with Gasteiger partial charge in [0.15, 0.2) is 0 Å². The van der Waals surface area contributed by atoms with Crippen LogP contribution in [0.4, 0.5) is 0 Å². The Bertz CT molecular complexity index is 1230. The summed E-state index contributed by atoms with van der Waals surface area (Å²) >= 11 is 0. The number of fused-ring (bicyclic) bond motifs is 4. The average molecular weight is 505 g/mol. The first-order valence-corrected chi connectivity index (χ1v) is 12.4. The van der Waals surface area contributed by atoms with Gasteiger partial charge in [0.2, 0.25) is 11.8 Å². The van der Waals surface area contributed by atoms with E-state index in [4.69, 9.17) is 4.74 Å². The number of nitrogens with zero attached hydrogens (tertiary/aromatic N) is 3. The van der Waals surface area contributed by atoms with Crippen LogP contribution < -0.4 is 20.7 Å². The van der Waals surface area contributed by atoms with Crippen LogP contribution in [0.2, 0.25) is 0 Å². The summed E-state index contributed by atoms with van der Waals surface area (Å²) in [6.45, 7) is 4.87. The standard InChI is InChI=1S/C27H32N6O4/c1-18(2)13-23-27(36)30-24(14-19-7-4-3-5-8-19)26(35)28-16-21-17-33(32-31-21)11-12-37-22-10-6-9-20(15-22)25(34)29-23/h3-10,15,17-18,23-24H,11-14,16H2,1-2H3,(H,28,35)(H,29,34)(H,30,36)/t23-,24+/m1/s1. The topological polar surface area (TPSA) is 127 Å². The van der Waals surface area contributed by atoms with Gasteiger partial charge in [-0.25, -0.2) is 4.68 Å². The number of carbonyl (C=O) groups excluding carboxylic acids is 3. The van der Waals surface area contributed by atoms with Crippen molar-refractivity contribution in [1.82, 2.24) is 30.9 Å². The summed E-state index contributed by atoms with van der Waals surface area (Å²) in [7, 11) is 0. The van der Waals surface area contributed by atoms with Crippen LogP contribution in [-0.2, 0) is 29.1 Å². The molecule has 3 N–H and O–H groups in total. The number of carbonyl (C=O) groups is 3. The molecule has 3 aromatic rings. The van der Waals surface area contributed by atoms with Gasteiger partial charge in [0, 0.05) is 12.0 Å². The zero-order valence-electron chi connectivity index (χ0n) is 21.0. The van der Waals surface area contributed by atoms with Gasteiger partial charge >= 0.3 is 0 Å². The smallest absolute Gasteiger partial charge is 0.252 e. The molecule has 0 radical (unpaired) electrons. The molecule has 1 aliphatic rings. The van der Waals surface area contributed by atoms with E-state index in [1.165, 1.54) is 0 Å². The maximum atomic E-state index is 13.4. The molecule has 2 aromatic carbocycles. The fourth-order valence-corrected chi connectivity index (χ4v) is 4.09. The molecule has 2 atom stereocenters. The molecule has 0 aliphatic carbocycles. The molecule has 3 amide bonds. The van der Waals surface area contributed by atoms with Crippen LogP contribution in [0, 0.1) is 5.92 Å². The number of nitrogens with one attached hydrogen (secondary N) is 3. The fourth-order valence-electron chi connectivity index (χ4n) is 4.09. The average Bonchev–Trinajstić information content (AvgIpc) is 3.34. The van der Waals surface area contributed by atoms with E-state index in [0.29, 0.717) is 43.0 Å². The second-order valence-corrected chi connectivity index (χ2v) is 9.47. The van der Waals surface area contributed by atoms with Gasteiger partial charge in [0.1, 0.15) is 30.1 Å². The predicted molar refractivity (Wildman–Crippen MR) is 137 cm³/mol. The van der Waals surface area contributed by atoms with E-state index in [2.05, 4.69) is 26.3 Å². The fraction of sp³-hybridized carbons (Fsp3) is 0.370. The SMILES string of the molecule is CC(C)C[C@H]1NC(=O)c2cccc(c2)OCCn2cc(nn2)CNC(=O)[C@H](Cc2ccccc2)NC1=O. The molecule has 0 spiro atoms. The molecule has 4 bridgehead atoms. The zero-order chi connectivity index (χ0) is 26.2. The van der Waals surface area contributed by atoms with Crippen molar-refractivity contribution in [3.63, 3.8) is 0 Å².